The normalized spacial score (nSPS) is 10.6. The van der Waals surface area contributed by atoms with Crippen molar-refractivity contribution >= 4 is 21.8 Å². The summed E-state index contributed by atoms with van der Waals surface area (Å²) in [6.45, 7) is 4.04. The first-order valence-electron chi connectivity index (χ1n) is 8.03. The monoisotopic (exact) mass is 415 g/mol. The fraction of sp³-hybridized carbons (Fsp3) is 0.222. The average Bonchev–Trinajstić information content (AvgIpc) is 3.08. The summed E-state index contributed by atoms with van der Waals surface area (Å²) in [6.07, 6.45) is 0. The largest absolute Gasteiger partial charge is 0.483 e. The highest BCUT2D eigenvalue weighted by atomic mass is 79.9. The minimum Gasteiger partial charge on any atom is -0.483 e. The van der Waals surface area contributed by atoms with E-state index in [1.54, 1.807) is 4.68 Å². The van der Waals surface area contributed by atoms with Crippen molar-refractivity contribution in [1.82, 2.24) is 25.5 Å². The highest BCUT2D eigenvalue weighted by Gasteiger charge is 2.11. The Morgan fingerprint density at radius 2 is 1.92 bits per heavy atom. The van der Waals surface area contributed by atoms with Gasteiger partial charge >= 0.3 is 0 Å². The molecule has 3 aromatic rings. The van der Waals surface area contributed by atoms with Crippen molar-refractivity contribution in [2.45, 2.75) is 20.4 Å². The van der Waals surface area contributed by atoms with E-state index >= 15 is 0 Å². The van der Waals surface area contributed by atoms with E-state index < -0.39 is 0 Å². The Morgan fingerprint density at radius 1 is 1.19 bits per heavy atom. The van der Waals surface area contributed by atoms with E-state index in [0.29, 0.717) is 5.82 Å². The van der Waals surface area contributed by atoms with Crippen LogP contribution in [0.1, 0.15) is 17.0 Å². The molecule has 0 unspecified atom stereocenters. The third-order valence-electron chi connectivity index (χ3n) is 3.79. The second-order valence-corrected chi connectivity index (χ2v) is 6.69. The first-order chi connectivity index (χ1) is 12.5. The van der Waals surface area contributed by atoms with Gasteiger partial charge in [-0.3, -0.25) is 4.79 Å². The topological polar surface area (TPSA) is 81.9 Å². The van der Waals surface area contributed by atoms with Crippen molar-refractivity contribution in [3.63, 3.8) is 0 Å². The maximum atomic E-state index is 12.1. The lowest BCUT2D eigenvalue weighted by Gasteiger charge is -2.12. The molecule has 0 atom stereocenters. The van der Waals surface area contributed by atoms with Gasteiger partial charge < -0.3 is 10.1 Å². The van der Waals surface area contributed by atoms with Crippen molar-refractivity contribution in [1.29, 1.82) is 0 Å². The molecular formula is C18H18BrN5O2. The van der Waals surface area contributed by atoms with Crippen LogP contribution in [0.3, 0.4) is 0 Å². The van der Waals surface area contributed by atoms with Crippen LogP contribution in [-0.4, -0.2) is 32.7 Å². The van der Waals surface area contributed by atoms with Gasteiger partial charge in [-0.15, -0.1) is 5.10 Å². The number of hydrogen-bond acceptors (Lipinski definition) is 5. The van der Waals surface area contributed by atoms with Gasteiger partial charge in [-0.1, -0.05) is 40.2 Å². The fourth-order valence-corrected chi connectivity index (χ4v) is 2.90. The number of carbonyl (C=O) groups is 1. The fourth-order valence-electron chi connectivity index (χ4n) is 2.52. The zero-order chi connectivity index (χ0) is 18.5. The van der Waals surface area contributed by atoms with Gasteiger partial charge in [-0.25, -0.2) is 0 Å². The molecule has 1 aromatic heterocycles. The van der Waals surface area contributed by atoms with Crippen LogP contribution in [0.25, 0.3) is 5.69 Å². The smallest absolute Gasteiger partial charge is 0.258 e. The summed E-state index contributed by atoms with van der Waals surface area (Å²) in [5, 5.41) is 14.4. The molecule has 0 saturated heterocycles. The number of nitrogens with zero attached hydrogens (tertiary/aromatic N) is 4. The molecule has 1 heterocycles. The van der Waals surface area contributed by atoms with Crippen LogP contribution in [0.2, 0.25) is 0 Å². The molecule has 0 fully saturated rings. The van der Waals surface area contributed by atoms with E-state index in [0.717, 1.165) is 27.0 Å². The molecule has 3 rings (SSSR count). The van der Waals surface area contributed by atoms with Gasteiger partial charge in [-0.05, 0) is 53.6 Å². The molecule has 0 aliphatic carbocycles. The zero-order valence-corrected chi connectivity index (χ0v) is 16.0. The first-order valence-corrected chi connectivity index (χ1v) is 8.83. The number of rotatable bonds is 6. The summed E-state index contributed by atoms with van der Waals surface area (Å²) < 4.78 is 8.15. The molecule has 2 aromatic carbocycles. The number of halogens is 1. The zero-order valence-electron chi connectivity index (χ0n) is 14.4. The number of para-hydroxylation sites is 1. The highest BCUT2D eigenvalue weighted by Crippen LogP contribution is 2.22. The van der Waals surface area contributed by atoms with Crippen LogP contribution < -0.4 is 10.1 Å². The minimum atomic E-state index is -0.239. The lowest BCUT2D eigenvalue weighted by atomic mass is 10.1. The summed E-state index contributed by atoms with van der Waals surface area (Å²) in [7, 11) is 0. The molecule has 0 spiro atoms. The van der Waals surface area contributed by atoms with E-state index in [2.05, 4.69) is 36.8 Å². The Kier molecular flexibility index (Phi) is 5.62. The van der Waals surface area contributed by atoms with E-state index in [1.807, 2.05) is 56.3 Å². The van der Waals surface area contributed by atoms with Crippen molar-refractivity contribution in [3.05, 3.63) is 63.9 Å². The lowest BCUT2D eigenvalue weighted by molar-refractivity contribution is -0.123. The van der Waals surface area contributed by atoms with Crippen LogP contribution in [-0.2, 0) is 11.3 Å². The number of carbonyl (C=O) groups excluding carboxylic acids is 1. The molecule has 1 amide bonds. The number of aryl methyl sites for hydroxylation is 2. The van der Waals surface area contributed by atoms with Gasteiger partial charge in [0.2, 0.25) is 0 Å². The molecule has 0 aliphatic heterocycles. The SMILES string of the molecule is Cc1cccc(C)c1OCC(=O)NCc1nnnn1-c1cccc(Br)c1. The first kappa shape index (κ1) is 18.1. The Labute approximate surface area is 159 Å². The van der Waals surface area contributed by atoms with Crippen LogP contribution >= 0.6 is 15.9 Å². The van der Waals surface area contributed by atoms with Gasteiger partial charge in [0.1, 0.15) is 5.75 Å². The molecule has 26 heavy (non-hydrogen) atoms. The summed E-state index contributed by atoms with van der Waals surface area (Å²) in [5.74, 6) is 1.03. The molecule has 0 bridgehead atoms. The molecular weight excluding hydrogens is 398 g/mol. The van der Waals surface area contributed by atoms with Crippen LogP contribution in [0.4, 0.5) is 0 Å². The van der Waals surface area contributed by atoms with E-state index in [9.17, 15) is 4.79 Å². The molecule has 0 aliphatic rings. The number of benzene rings is 2. The summed E-state index contributed by atoms with van der Waals surface area (Å²) in [6, 6.07) is 13.4. The second kappa shape index (κ2) is 8.09. The number of nitrogens with one attached hydrogen (secondary N) is 1. The maximum Gasteiger partial charge on any atom is 0.258 e. The van der Waals surface area contributed by atoms with Gasteiger partial charge in [0, 0.05) is 4.47 Å². The van der Waals surface area contributed by atoms with Crippen molar-refractivity contribution in [3.8, 4) is 11.4 Å². The van der Waals surface area contributed by atoms with E-state index in [-0.39, 0.29) is 19.1 Å². The molecule has 7 nitrogen and oxygen atoms in total. The molecule has 1 N–H and O–H groups in total. The van der Waals surface area contributed by atoms with Crippen LogP contribution in [0.15, 0.2) is 46.9 Å². The summed E-state index contributed by atoms with van der Waals surface area (Å²) in [4.78, 5) is 12.1. The number of hydrogen-bond donors (Lipinski definition) is 1. The van der Waals surface area contributed by atoms with Gasteiger partial charge in [0.15, 0.2) is 12.4 Å². The predicted octanol–water partition coefficient (Wildman–Crippen LogP) is 2.74. The third kappa shape index (κ3) is 4.26. The average molecular weight is 416 g/mol. The van der Waals surface area contributed by atoms with Gasteiger partial charge in [0.05, 0.1) is 12.2 Å². The second-order valence-electron chi connectivity index (χ2n) is 5.77. The summed E-state index contributed by atoms with van der Waals surface area (Å²) in [5.41, 5.74) is 2.80. The van der Waals surface area contributed by atoms with E-state index in [1.165, 1.54) is 0 Å². The third-order valence-corrected chi connectivity index (χ3v) is 4.28. The number of amides is 1. The van der Waals surface area contributed by atoms with Crippen molar-refractivity contribution in [2.24, 2.45) is 0 Å². The van der Waals surface area contributed by atoms with Gasteiger partial charge in [0.25, 0.3) is 5.91 Å². The van der Waals surface area contributed by atoms with E-state index in [4.69, 9.17) is 4.74 Å². The van der Waals surface area contributed by atoms with Crippen LogP contribution in [0, 0.1) is 13.8 Å². The summed E-state index contributed by atoms with van der Waals surface area (Å²) >= 11 is 3.42. The predicted molar refractivity (Wildman–Crippen MR) is 100 cm³/mol. The minimum absolute atomic E-state index is 0.0653. The lowest BCUT2D eigenvalue weighted by Crippen LogP contribution is -2.29. The molecule has 8 heteroatoms. The maximum absolute atomic E-state index is 12.1. The Balaban J connectivity index is 1.60. The standard InChI is InChI=1S/C18H18BrN5O2/c1-12-5-3-6-13(2)18(12)26-11-17(25)20-10-16-21-22-23-24(16)15-8-4-7-14(19)9-15/h3-9H,10-11H2,1-2H3,(H,20,25). The molecule has 0 saturated carbocycles. The number of tetrazole rings is 1. The quantitative estimate of drug-likeness (QED) is 0.669. The Morgan fingerprint density at radius 3 is 2.65 bits per heavy atom. The highest BCUT2D eigenvalue weighted by molar-refractivity contribution is 9.10. The van der Waals surface area contributed by atoms with Crippen LogP contribution in [0.5, 0.6) is 5.75 Å². The Bertz CT molecular complexity index is 905. The van der Waals surface area contributed by atoms with Crippen molar-refractivity contribution < 1.29 is 9.53 Å². The number of aromatic nitrogens is 4. The number of ether oxygens (including phenoxy) is 1. The molecule has 134 valence electrons. The van der Waals surface area contributed by atoms with Crippen molar-refractivity contribution in [2.75, 3.05) is 6.61 Å². The van der Waals surface area contributed by atoms with Gasteiger partial charge in [-0.2, -0.15) is 4.68 Å². The Hall–Kier alpha value is -2.74. The molecule has 0 radical (unpaired) electrons.